The average Bonchev–Trinajstić information content (AvgIpc) is 3.21. The molecule has 138 valence electrons. The molecule has 3 aromatic heterocycles. The molecule has 4 aromatic rings. The molecular formula is C15H12ClN7O3Se. The van der Waals surface area contributed by atoms with Crippen LogP contribution in [0.25, 0.3) is 15.3 Å². The summed E-state index contributed by atoms with van der Waals surface area (Å²) in [4.78, 5) is 40.6. The summed E-state index contributed by atoms with van der Waals surface area (Å²) < 4.78 is 4.85. The van der Waals surface area contributed by atoms with E-state index in [1.165, 1.54) is 13.4 Å². The summed E-state index contributed by atoms with van der Waals surface area (Å²) >= 11 is 5.79. The van der Waals surface area contributed by atoms with E-state index in [0.29, 0.717) is 17.0 Å². The zero-order valence-corrected chi connectivity index (χ0v) is 16.4. The van der Waals surface area contributed by atoms with Crippen molar-refractivity contribution in [2.45, 2.75) is 6.54 Å². The van der Waals surface area contributed by atoms with Crippen LogP contribution in [-0.4, -0.2) is 55.1 Å². The minimum absolute atomic E-state index is 0.00790. The van der Waals surface area contributed by atoms with Crippen LogP contribution in [-0.2, 0) is 13.6 Å². The number of hydrogen-bond donors (Lipinski definition) is 1. The number of nitrogens with one attached hydrogen (secondary N) is 1. The van der Waals surface area contributed by atoms with Crippen LogP contribution in [0.1, 0.15) is 10.5 Å². The van der Waals surface area contributed by atoms with Gasteiger partial charge in [-0.3, -0.25) is 0 Å². The van der Waals surface area contributed by atoms with Gasteiger partial charge >= 0.3 is 162 Å². The molecule has 1 amide bonds. The van der Waals surface area contributed by atoms with Crippen molar-refractivity contribution < 1.29 is 4.79 Å². The average molecular weight is 453 g/mol. The van der Waals surface area contributed by atoms with Crippen molar-refractivity contribution in [2.24, 2.45) is 7.05 Å². The number of carbonyl (C=O) groups excluding carboxylic acids is 1. The van der Waals surface area contributed by atoms with Gasteiger partial charge in [-0.2, -0.15) is 0 Å². The zero-order chi connectivity index (χ0) is 19.1. The predicted molar refractivity (Wildman–Crippen MR) is 98.5 cm³/mol. The standard InChI is InChI=1S/C15H12ClN7O3Se/c1-21-15(26)22-7-18-11(12(22)19-20-21)13(24)17-4-5-23-14(25)9-6-8(16)2-3-10(9)27-23/h2-3,6-7H,4-5H2,1H3,(H,17,24). The molecule has 1 aromatic carbocycles. The number of halogens is 1. The summed E-state index contributed by atoms with van der Waals surface area (Å²) in [6, 6.07) is 5.27. The normalized spacial score (nSPS) is 11.3. The summed E-state index contributed by atoms with van der Waals surface area (Å²) in [6.07, 6.45) is 1.23. The molecular weight excluding hydrogens is 441 g/mol. The van der Waals surface area contributed by atoms with Crippen LogP contribution in [0, 0.1) is 0 Å². The van der Waals surface area contributed by atoms with Gasteiger partial charge in [0.25, 0.3) is 0 Å². The first-order chi connectivity index (χ1) is 13.0. The van der Waals surface area contributed by atoms with Crippen LogP contribution >= 0.6 is 11.6 Å². The molecule has 1 N–H and O–H groups in total. The quantitative estimate of drug-likeness (QED) is 0.409. The van der Waals surface area contributed by atoms with Crippen molar-refractivity contribution in [2.75, 3.05) is 6.54 Å². The van der Waals surface area contributed by atoms with Crippen molar-refractivity contribution in [3.05, 3.63) is 56.1 Å². The van der Waals surface area contributed by atoms with Gasteiger partial charge in [-0.15, -0.1) is 0 Å². The van der Waals surface area contributed by atoms with E-state index in [9.17, 15) is 14.4 Å². The third-order valence-electron chi connectivity index (χ3n) is 3.92. The van der Waals surface area contributed by atoms with Gasteiger partial charge in [0.2, 0.25) is 0 Å². The van der Waals surface area contributed by atoms with Crippen LogP contribution in [0.2, 0.25) is 5.02 Å². The molecule has 0 aliphatic heterocycles. The molecule has 0 fully saturated rings. The molecule has 0 aliphatic rings. The Labute approximate surface area is 162 Å². The zero-order valence-electron chi connectivity index (χ0n) is 13.9. The van der Waals surface area contributed by atoms with Gasteiger partial charge in [0.1, 0.15) is 0 Å². The summed E-state index contributed by atoms with van der Waals surface area (Å²) in [6.45, 7) is 0.599. The van der Waals surface area contributed by atoms with Gasteiger partial charge in [0, 0.05) is 0 Å². The van der Waals surface area contributed by atoms with Crippen molar-refractivity contribution in [3.63, 3.8) is 0 Å². The van der Waals surface area contributed by atoms with Crippen molar-refractivity contribution in [1.29, 1.82) is 0 Å². The number of aryl methyl sites for hydroxylation is 1. The molecule has 4 rings (SSSR count). The van der Waals surface area contributed by atoms with E-state index in [1.54, 1.807) is 15.7 Å². The fraction of sp³-hybridized carbons (Fsp3) is 0.200. The fourth-order valence-corrected chi connectivity index (χ4v) is 4.80. The van der Waals surface area contributed by atoms with E-state index in [1.807, 2.05) is 6.07 Å². The predicted octanol–water partition coefficient (Wildman–Crippen LogP) is -0.722. The first-order valence-electron chi connectivity index (χ1n) is 7.80. The molecule has 0 saturated carbocycles. The Morgan fingerprint density at radius 2 is 2.15 bits per heavy atom. The number of fused-ring (bicyclic) bond motifs is 2. The van der Waals surface area contributed by atoms with Crippen LogP contribution in [0.4, 0.5) is 0 Å². The number of aromatic nitrogens is 6. The van der Waals surface area contributed by atoms with Crippen LogP contribution in [0.15, 0.2) is 34.1 Å². The molecule has 3 heterocycles. The van der Waals surface area contributed by atoms with Gasteiger partial charge in [-0.1, -0.05) is 0 Å². The summed E-state index contributed by atoms with van der Waals surface area (Å²) in [5.74, 6) is -0.486. The third kappa shape index (κ3) is 3.09. The minimum atomic E-state index is -0.486. The molecule has 27 heavy (non-hydrogen) atoms. The summed E-state index contributed by atoms with van der Waals surface area (Å²) in [5, 5.41) is 11.3. The van der Waals surface area contributed by atoms with Gasteiger partial charge in [-0.05, 0) is 0 Å². The number of rotatable bonds is 4. The maximum absolute atomic E-state index is 12.4. The van der Waals surface area contributed by atoms with Gasteiger partial charge in [-0.25, -0.2) is 0 Å². The van der Waals surface area contributed by atoms with Crippen molar-refractivity contribution >= 4 is 47.5 Å². The van der Waals surface area contributed by atoms with Crippen molar-refractivity contribution in [3.8, 4) is 0 Å². The first kappa shape index (κ1) is 17.7. The van der Waals surface area contributed by atoms with Gasteiger partial charge in [0.05, 0.1) is 0 Å². The number of benzene rings is 1. The Kier molecular flexibility index (Phi) is 4.42. The Morgan fingerprint density at radius 3 is 2.96 bits per heavy atom. The van der Waals surface area contributed by atoms with Crippen LogP contribution in [0.3, 0.4) is 0 Å². The molecule has 0 saturated heterocycles. The Hall–Kier alpha value is -2.75. The molecule has 0 aliphatic carbocycles. The molecule has 0 bridgehead atoms. The van der Waals surface area contributed by atoms with Crippen LogP contribution < -0.4 is 16.6 Å². The van der Waals surface area contributed by atoms with Crippen molar-refractivity contribution in [1.82, 2.24) is 33.3 Å². The molecule has 0 atom stereocenters. The van der Waals surface area contributed by atoms with E-state index >= 15 is 0 Å². The molecule has 0 radical (unpaired) electrons. The second kappa shape index (κ2) is 6.76. The van der Waals surface area contributed by atoms with Gasteiger partial charge in [0.15, 0.2) is 0 Å². The second-order valence-electron chi connectivity index (χ2n) is 5.68. The Morgan fingerprint density at radius 1 is 1.33 bits per heavy atom. The number of nitrogens with zero attached hydrogens (tertiary/aromatic N) is 6. The Bertz CT molecular complexity index is 1300. The van der Waals surface area contributed by atoms with E-state index in [0.717, 1.165) is 13.3 Å². The molecule has 10 nitrogen and oxygen atoms in total. The van der Waals surface area contributed by atoms with E-state index in [-0.39, 0.29) is 38.2 Å². The van der Waals surface area contributed by atoms with Gasteiger partial charge < -0.3 is 0 Å². The summed E-state index contributed by atoms with van der Waals surface area (Å²) in [7, 11) is 1.45. The van der Waals surface area contributed by atoms with E-state index in [4.69, 9.17) is 11.6 Å². The molecule has 0 spiro atoms. The second-order valence-corrected chi connectivity index (χ2v) is 8.34. The Balaban J connectivity index is 1.51. The SMILES string of the molecule is Cn1nnc2c(C(=O)NCCn3[se]c4ccc(Cl)cc4c3=O)ncn2c1=O. The number of imidazole rings is 1. The maximum atomic E-state index is 12.4. The molecule has 0 unspecified atom stereocenters. The number of hydrogen-bond acceptors (Lipinski definition) is 6. The topological polar surface area (TPSA) is 116 Å². The van der Waals surface area contributed by atoms with E-state index < -0.39 is 11.6 Å². The monoisotopic (exact) mass is 453 g/mol. The third-order valence-corrected chi connectivity index (χ3v) is 6.51. The first-order valence-corrected chi connectivity index (χ1v) is 9.80. The summed E-state index contributed by atoms with van der Waals surface area (Å²) in [5.41, 5.74) is -0.454. The number of carbonyl (C=O) groups is 1. The molecule has 12 heteroatoms. The van der Waals surface area contributed by atoms with Crippen LogP contribution in [0.5, 0.6) is 0 Å². The number of amides is 1. The fourth-order valence-electron chi connectivity index (χ4n) is 2.59. The van der Waals surface area contributed by atoms with E-state index in [2.05, 4.69) is 20.6 Å².